The van der Waals surface area contributed by atoms with Gasteiger partial charge in [0.05, 0.1) is 7.11 Å². The van der Waals surface area contributed by atoms with Crippen LogP contribution in [0.1, 0.15) is 23.5 Å². The van der Waals surface area contributed by atoms with Crippen LogP contribution in [0, 0.1) is 0 Å². The van der Waals surface area contributed by atoms with Crippen LogP contribution in [0.4, 0.5) is 13.2 Å². The second-order valence-corrected chi connectivity index (χ2v) is 3.04. The van der Waals surface area contributed by atoms with Crippen molar-refractivity contribution >= 4 is 5.97 Å². The third-order valence-corrected chi connectivity index (χ3v) is 1.75. The Bertz CT molecular complexity index is 362. The summed E-state index contributed by atoms with van der Waals surface area (Å²) in [6, 6.07) is 0. The van der Waals surface area contributed by atoms with Crippen molar-refractivity contribution in [2.45, 2.75) is 25.6 Å². The van der Waals surface area contributed by atoms with E-state index in [1.807, 2.05) is 0 Å². The Morgan fingerprint density at radius 3 is 2.81 bits per heavy atom. The third kappa shape index (κ3) is 3.87. The zero-order valence-electron chi connectivity index (χ0n) is 8.49. The van der Waals surface area contributed by atoms with Gasteiger partial charge in [0.1, 0.15) is 6.33 Å². The number of methoxy groups -OCH3 is 1. The number of alkyl halides is 3. The lowest BCUT2D eigenvalue weighted by Gasteiger charge is -2.04. The summed E-state index contributed by atoms with van der Waals surface area (Å²) in [6.07, 6.45) is -3.97. The predicted octanol–water partition coefficient (Wildman–Crippen LogP) is 1.41. The van der Waals surface area contributed by atoms with Crippen LogP contribution in [-0.2, 0) is 11.3 Å². The van der Waals surface area contributed by atoms with Gasteiger partial charge >= 0.3 is 12.1 Å². The van der Waals surface area contributed by atoms with Crippen LogP contribution >= 0.6 is 0 Å². The van der Waals surface area contributed by atoms with Gasteiger partial charge in [0.25, 0.3) is 5.82 Å². The SMILES string of the molecule is COC(=O)c1ncn(CCCC(F)(F)F)n1. The molecule has 0 aliphatic carbocycles. The summed E-state index contributed by atoms with van der Waals surface area (Å²) >= 11 is 0. The Labute approximate surface area is 89.2 Å². The summed E-state index contributed by atoms with van der Waals surface area (Å²) in [5.41, 5.74) is 0. The number of carbonyl (C=O) groups excluding carboxylic acids is 1. The van der Waals surface area contributed by atoms with E-state index in [4.69, 9.17) is 0 Å². The number of aromatic nitrogens is 3. The van der Waals surface area contributed by atoms with Crippen molar-refractivity contribution in [3.8, 4) is 0 Å². The number of halogens is 3. The molecule has 0 fully saturated rings. The Hall–Kier alpha value is -1.60. The highest BCUT2D eigenvalue weighted by atomic mass is 19.4. The number of aryl methyl sites for hydroxylation is 1. The second kappa shape index (κ2) is 4.95. The van der Waals surface area contributed by atoms with Crippen LogP contribution in [-0.4, -0.2) is 34.0 Å². The predicted molar refractivity (Wildman–Crippen MR) is 46.7 cm³/mol. The average Bonchev–Trinajstić information content (AvgIpc) is 2.63. The number of rotatable bonds is 4. The van der Waals surface area contributed by atoms with Crippen molar-refractivity contribution < 1.29 is 22.7 Å². The molecular formula is C8H10F3N3O2. The standard InChI is InChI=1S/C8H10F3N3O2/c1-16-7(15)6-12-5-14(13-6)4-2-3-8(9,10)11/h5H,2-4H2,1H3. The molecule has 8 heteroatoms. The molecule has 0 aromatic carbocycles. The van der Waals surface area contributed by atoms with Gasteiger partial charge in [-0.1, -0.05) is 0 Å². The third-order valence-electron chi connectivity index (χ3n) is 1.75. The normalized spacial score (nSPS) is 11.5. The van der Waals surface area contributed by atoms with Gasteiger partial charge in [-0.15, -0.1) is 5.10 Å². The lowest BCUT2D eigenvalue weighted by molar-refractivity contribution is -0.136. The molecule has 16 heavy (non-hydrogen) atoms. The fourth-order valence-electron chi connectivity index (χ4n) is 1.03. The van der Waals surface area contributed by atoms with E-state index in [2.05, 4.69) is 14.8 Å². The number of hydrogen-bond donors (Lipinski definition) is 0. The summed E-state index contributed by atoms with van der Waals surface area (Å²) in [5.74, 6) is -0.871. The number of nitrogens with zero attached hydrogens (tertiary/aromatic N) is 3. The molecule has 0 aliphatic rings. The molecule has 90 valence electrons. The first-order valence-electron chi connectivity index (χ1n) is 4.47. The molecule has 0 saturated heterocycles. The quantitative estimate of drug-likeness (QED) is 0.743. The van der Waals surface area contributed by atoms with Crippen molar-refractivity contribution in [3.05, 3.63) is 12.2 Å². The molecule has 0 N–H and O–H groups in total. The molecule has 0 spiro atoms. The van der Waals surface area contributed by atoms with E-state index in [9.17, 15) is 18.0 Å². The zero-order chi connectivity index (χ0) is 12.2. The highest BCUT2D eigenvalue weighted by Gasteiger charge is 2.26. The molecule has 0 amide bonds. The minimum absolute atomic E-state index is 0.0590. The van der Waals surface area contributed by atoms with Gasteiger partial charge in [-0.3, -0.25) is 4.68 Å². The second-order valence-electron chi connectivity index (χ2n) is 3.04. The van der Waals surface area contributed by atoms with Gasteiger partial charge in [0.2, 0.25) is 0 Å². The summed E-state index contributed by atoms with van der Waals surface area (Å²) < 4.78 is 41.0. The van der Waals surface area contributed by atoms with E-state index in [0.717, 1.165) is 0 Å². The molecule has 0 aliphatic heterocycles. The Morgan fingerprint density at radius 1 is 1.56 bits per heavy atom. The van der Waals surface area contributed by atoms with E-state index < -0.39 is 18.6 Å². The minimum Gasteiger partial charge on any atom is -0.463 e. The summed E-state index contributed by atoms with van der Waals surface area (Å²) in [6.45, 7) is 0.0590. The minimum atomic E-state index is -4.17. The number of hydrogen-bond acceptors (Lipinski definition) is 4. The van der Waals surface area contributed by atoms with Gasteiger partial charge < -0.3 is 4.74 Å². The maximum Gasteiger partial charge on any atom is 0.389 e. The molecular weight excluding hydrogens is 227 g/mol. The fourth-order valence-corrected chi connectivity index (χ4v) is 1.03. The van der Waals surface area contributed by atoms with Gasteiger partial charge in [-0.05, 0) is 6.42 Å². The number of esters is 1. The van der Waals surface area contributed by atoms with E-state index in [-0.39, 0.29) is 18.8 Å². The maximum atomic E-state index is 11.8. The van der Waals surface area contributed by atoms with Gasteiger partial charge in [0, 0.05) is 13.0 Å². The smallest absolute Gasteiger partial charge is 0.389 e. The van der Waals surface area contributed by atoms with Crippen LogP contribution in [0.5, 0.6) is 0 Å². The van der Waals surface area contributed by atoms with Gasteiger partial charge in [-0.25, -0.2) is 9.78 Å². The van der Waals surface area contributed by atoms with E-state index in [0.29, 0.717) is 0 Å². The van der Waals surface area contributed by atoms with E-state index >= 15 is 0 Å². The van der Waals surface area contributed by atoms with Crippen molar-refractivity contribution in [3.63, 3.8) is 0 Å². The van der Waals surface area contributed by atoms with Gasteiger partial charge in [0.15, 0.2) is 0 Å². The summed E-state index contributed by atoms with van der Waals surface area (Å²) in [4.78, 5) is 14.5. The van der Waals surface area contributed by atoms with E-state index in [1.165, 1.54) is 18.1 Å². The zero-order valence-corrected chi connectivity index (χ0v) is 8.49. The van der Waals surface area contributed by atoms with E-state index in [1.54, 1.807) is 0 Å². The monoisotopic (exact) mass is 237 g/mol. The molecule has 0 bridgehead atoms. The number of ether oxygens (including phenoxy) is 1. The fraction of sp³-hybridized carbons (Fsp3) is 0.625. The Morgan fingerprint density at radius 2 is 2.25 bits per heavy atom. The topological polar surface area (TPSA) is 57.0 Å². The van der Waals surface area contributed by atoms with Gasteiger partial charge in [-0.2, -0.15) is 13.2 Å². The highest BCUT2D eigenvalue weighted by molar-refractivity contribution is 5.84. The summed E-state index contributed by atoms with van der Waals surface area (Å²) in [5, 5.41) is 3.66. The Kier molecular flexibility index (Phi) is 3.86. The molecule has 0 unspecified atom stereocenters. The van der Waals surface area contributed by atoms with Crippen molar-refractivity contribution in [2.75, 3.05) is 7.11 Å². The highest BCUT2D eigenvalue weighted by Crippen LogP contribution is 2.21. The van der Waals surface area contributed by atoms with Crippen LogP contribution in [0.25, 0.3) is 0 Å². The maximum absolute atomic E-state index is 11.8. The van der Waals surface area contributed by atoms with Crippen LogP contribution in [0.3, 0.4) is 0 Å². The van der Waals surface area contributed by atoms with Crippen LogP contribution in [0.2, 0.25) is 0 Å². The first-order valence-corrected chi connectivity index (χ1v) is 4.47. The molecule has 1 aromatic heterocycles. The molecule has 1 heterocycles. The van der Waals surface area contributed by atoms with Crippen molar-refractivity contribution in [1.29, 1.82) is 0 Å². The molecule has 1 aromatic rings. The Balaban J connectivity index is 2.44. The largest absolute Gasteiger partial charge is 0.463 e. The van der Waals surface area contributed by atoms with Crippen molar-refractivity contribution in [1.82, 2.24) is 14.8 Å². The first kappa shape index (κ1) is 12.5. The average molecular weight is 237 g/mol. The first-order chi connectivity index (χ1) is 7.42. The molecule has 1 rings (SSSR count). The molecule has 0 saturated carbocycles. The molecule has 0 radical (unpaired) electrons. The van der Waals surface area contributed by atoms with Crippen LogP contribution < -0.4 is 0 Å². The molecule has 0 atom stereocenters. The van der Waals surface area contributed by atoms with Crippen LogP contribution in [0.15, 0.2) is 6.33 Å². The lowest BCUT2D eigenvalue weighted by Crippen LogP contribution is -2.10. The number of carbonyl (C=O) groups is 1. The van der Waals surface area contributed by atoms with Crippen molar-refractivity contribution in [2.24, 2.45) is 0 Å². The summed E-state index contributed by atoms with van der Waals surface area (Å²) in [7, 11) is 1.17. The lowest BCUT2D eigenvalue weighted by atomic mass is 10.3. The molecule has 5 nitrogen and oxygen atoms in total.